The zero-order valence-electron chi connectivity index (χ0n) is 6.82. The first-order valence-corrected chi connectivity index (χ1v) is 7.85. The summed E-state index contributed by atoms with van der Waals surface area (Å²) in [5.41, 5.74) is 3.07. The zero-order chi connectivity index (χ0) is 8.69. The van der Waals surface area contributed by atoms with E-state index in [1.165, 1.54) is 18.4 Å². The van der Waals surface area contributed by atoms with Crippen molar-refractivity contribution in [3.05, 3.63) is 23.3 Å². The van der Waals surface area contributed by atoms with E-state index < -0.39 is 17.0 Å². The molecule has 0 radical (unpaired) electrons. The minimum absolute atomic E-state index is 0.556. The van der Waals surface area contributed by atoms with Gasteiger partial charge in [-0.25, -0.2) is 0 Å². The third-order valence-electron chi connectivity index (χ3n) is 1.56. The second kappa shape index (κ2) is 7.42. The fourth-order valence-corrected chi connectivity index (χ4v) is 0.979. The summed E-state index contributed by atoms with van der Waals surface area (Å²) in [7, 11) is 9.78. The van der Waals surface area contributed by atoms with E-state index >= 15 is 0 Å². The van der Waals surface area contributed by atoms with Gasteiger partial charge in [0, 0.05) is 0 Å². The second-order valence-electron chi connectivity index (χ2n) is 2.44. The molecule has 0 aromatic heterocycles. The third-order valence-corrected chi connectivity index (χ3v) is 1.56. The summed E-state index contributed by atoms with van der Waals surface area (Å²) in [6.45, 7) is 4.39. The van der Waals surface area contributed by atoms with Crippen LogP contribution in [0.25, 0.3) is 0 Å². The Bertz CT molecular complexity index is 161. The molecule has 0 fully saturated rings. The van der Waals surface area contributed by atoms with Gasteiger partial charge in [0.1, 0.15) is 0 Å². The number of rotatable bonds is 1. The molecule has 0 amide bonds. The van der Waals surface area contributed by atoms with E-state index in [0.29, 0.717) is 0 Å². The molecule has 0 heterocycles. The number of allylic oxidation sites excluding steroid dienone is 4. The zero-order valence-corrected chi connectivity index (χ0v) is 9.90. The number of halogens is 2. The molecule has 0 atom stereocenters. The van der Waals surface area contributed by atoms with Gasteiger partial charge in [-0.1, -0.05) is 30.2 Å². The summed E-state index contributed by atoms with van der Waals surface area (Å²) in [6.07, 6.45) is 6.87. The Labute approximate surface area is 85.3 Å². The van der Waals surface area contributed by atoms with Gasteiger partial charge in [0.15, 0.2) is 0 Å². The first kappa shape index (κ1) is 11.8. The summed E-state index contributed by atoms with van der Waals surface area (Å²) in [4.78, 5) is 0. The van der Waals surface area contributed by atoms with Crippen molar-refractivity contribution in [3.8, 4) is 0 Å². The summed E-state index contributed by atoms with van der Waals surface area (Å²) in [5.74, 6) is 0. The van der Waals surface area contributed by atoms with Crippen LogP contribution < -0.4 is 0 Å². The van der Waals surface area contributed by atoms with Crippen LogP contribution in [0.3, 0.4) is 0 Å². The molecule has 0 aromatic carbocycles. The van der Waals surface area contributed by atoms with Crippen LogP contribution in [0.15, 0.2) is 23.3 Å². The van der Waals surface area contributed by atoms with Crippen LogP contribution in [0, 0.1) is 0 Å². The van der Waals surface area contributed by atoms with Crippen molar-refractivity contribution in [3.63, 3.8) is 0 Å². The van der Waals surface area contributed by atoms with Gasteiger partial charge >= 0.3 is 35.6 Å². The Morgan fingerprint density at radius 2 is 2.00 bits per heavy atom. The number of hydrogen-bond donors (Lipinski definition) is 0. The van der Waals surface area contributed by atoms with Gasteiger partial charge in [0.25, 0.3) is 0 Å². The van der Waals surface area contributed by atoms with Crippen LogP contribution in [0.2, 0.25) is 0 Å². The third kappa shape index (κ3) is 5.98. The molecular weight excluding hydrogens is 215 g/mol. The Hall–Kier alpha value is 0.774. The first-order valence-electron chi connectivity index (χ1n) is 3.56. The summed E-state index contributed by atoms with van der Waals surface area (Å²) < 4.78 is 0. The van der Waals surface area contributed by atoms with Gasteiger partial charge in [-0.3, -0.25) is 0 Å². The van der Waals surface area contributed by atoms with Gasteiger partial charge in [-0.2, -0.15) is 0 Å². The van der Waals surface area contributed by atoms with Crippen molar-refractivity contribution < 1.29 is 17.0 Å². The van der Waals surface area contributed by atoms with E-state index in [9.17, 15) is 0 Å². The fraction of sp³-hybridized carbons (Fsp3) is 0.500. The van der Waals surface area contributed by atoms with E-state index in [-0.39, 0.29) is 0 Å². The maximum atomic E-state index is 4.89. The monoisotopic (exact) mass is 226 g/mol. The van der Waals surface area contributed by atoms with Crippen LogP contribution in [0.1, 0.15) is 26.7 Å². The molecule has 1 aliphatic carbocycles. The van der Waals surface area contributed by atoms with E-state index in [1.807, 2.05) is 0 Å². The normalized spacial score (nSPS) is 14.5. The Morgan fingerprint density at radius 1 is 1.45 bits per heavy atom. The second-order valence-corrected chi connectivity index (χ2v) is 5.02. The molecule has 62 valence electrons. The average Bonchev–Trinajstić information content (AvgIpc) is 2.37. The van der Waals surface area contributed by atoms with Crippen LogP contribution in [-0.2, 0) is 17.0 Å². The standard InChI is InChI=1S/C8H12.2ClH.Ti/c1-3-8-5-4-7(2)6-8;;;/h4-5H,3,6H2,1-2H3;2*1H;/q;;;+2/p-2. The molecule has 0 saturated carbocycles. The van der Waals surface area contributed by atoms with Crippen LogP contribution in [-0.4, -0.2) is 0 Å². The molecular formula is C8H12Cl2Ti. The fourth-order valence-electron chi connectivity index (χ4n) is 0.979. The van der Waals surface area contributed by atoms with Crippen LogP contribution in [0.4, 0.5) is 0 Å². The molecule has 1 rings (SSSR count). The van der Waals surface area contributed by atoms with Crippen molar-refractivity contribution in [2.24, 2.45) is 0 Å². The molecule has 0 unspecified atom stereocenters. The van der Waals surface area contributed by atoms with Crippen molar-refractivity contribution in [2.45, 2.75) is 26.7 Å². The number of hydrogen-bond acceptors (Lipinski definition) is 0. The molecule has 11 heavy (non-hydrogen) atoms. The molecule has 3 heteroatoms. The summed E-state index contributed by atoms with van der Waals surface area (Å²) in [6, 6.07) is 0. The molecule has 1 aliphatic rings. The van der Waals surface area contributed by atoms with Gasteiger partial charge in [-0.05, 0) is 19.8 Å². The summed E-state index contributed by atoms with van der Waals surface area (Å²) in [5, 5.41) is 0. The molecule has 0 N–H and O–H groups in total. The molecule has 0 saturated heterocycles. The minimum atomic E-state index is -0.556. The van der Waals surface area contributed by atoms with E-state index in [2.05, 4.69) is 26.0 Å². The Morgan fingerprint density at radius 3 is 2.18 bits per heavy atom. The van der Waals surface area contributed by atoms with Crippen molar-refractivity contribution in [1.82, 2.24) is 0 Å². The van der Waals surface area contributed by atoms with Crippen molar-refractivity contribution in [1.29, 1.82) is 0 Å². The van der Waals surface area contributed by atoms with Gasteiger partial charge in [0.2, 0.25) is 0 Å². The topological polar surface area (TPSA) is 0 Å². The molecule has 0 aliphatic heterocycles. The van der Waals surface area contributed by atoms with Crippen LogP contribution >= 0.6 is 18.6 Å². The first-order chi connectivity index (χ1) is 5.24. The molecule has 0 bridgehead atoms. The van der Waals surface area contributed by atoms with E-state index in [1.54, 1.807) is 5.57 Å². The van der Waals surface area contributed by atoms with Gasteiger partial charge in [-0.15, -0.1) is 0 Å². The Balaban J connectivity index is 0.000000292. The molecule has 0 nitrogen and oxygen atoms in total. The quantitative estimate of drug-likeness (QED) is 0.592. The Kier molecular flexibility index (Phi) is 7.95. The van der Waals surface area contributed by atoms with E-state index in [4.69, 9.17) is 18.6 Å². The van der Waals surface area contributed by atoms with Gasteiger partial charge < -0.3 is 0 Å². The van der Waals surface area contributed by atoms with Crippen molar-refractivity contribution >= 4 is 18.6 Å². The predicted octanol–water partition coefficient (Wildman–Crippen LogP) is 4.05. The van der Waals surface area contributed by atoms with Crippen LogP contribution in [0.5, 0.6) is 0 Å². The van der Waals surface area contributed by atoms with Gasteiger partial charge in [0.05, 0.1) is 0 Å². The maximum absolute atomic E-state index is 4.89. The summed E-state index contributed by atoms with van der Waals surface area (Å²) >= 11 is -0.556. The SMILES string of the molecule is CCC1=CC=C(C)C1.[Cl][Ti][Cl]. The predicted molar refractivity (Wildman–Crippen MR) is 48.5 cm³/mol. The average molecular weight is 227 g/mol. The van der Waals surface area contributed by atoms with Crippen molar-refractivity contribution in [2.75, 3.05) is 0 Å². The molecule has 0 aromatic rings. The van der Waals surface area contributed by atoms with E-state index in [0.717, 1.165) is 0 Å². The molecule has 0 spiro atoms.